The number of nitrogens with one attached hydrogen (secondary N) is 1. The zero-order valence-electron chi connectivity index (χ0n) is 12.2. The normalized spacial score (nSPS) is 31.7. The molecule has 4 atom stereocenters. The molecule has 0 aliphatic heterocycles. The lowest BCUT2D eigenvalue weighted by molar-refractivity contribution is -0.144. The minimum atomic E-state index is -0.615. The molecule has 0 aromatic heterocycles. The number of carboxylic acid groups (broad SMARTS) is 1. The first kappa shape index (κ1) is 13.6. The van der Waals surface area contributed by atoms with E-state index in [0.29, 0.717) is 11.8 Å². The molecule has 0 saturated heterocycles. The maximum atomic E-state index is 11.5. The van der Waals surface area contributed by atoms with Crippen LogP contribution in [0.2, 0.25) is 0 Å². The van der Waals surface area contributed by atoms with E-state index in [0.717, 1.165) is 19.4 Å². The van der Waals surface area contributed by atoms with Crippen molar-refractivity contribution in [2.75, 3.05) is 0 Å². The van der Waals surface area contributed by atoms with Crippen molar-refractivity contribution in [3.8, 4) is 0 Å². The lowest BCUT2D eigenvalue weighted by Gasteiger charge is -2.29. The Kier molecular flexibility index (Phi) is 3.55. The van der Waals surface area contributed by atoms with Crippen molar-refractivity contribution in [2.24, 2.45) is 17.8 Å². The zero-order chi connectivity index (χ0) is 14.3. The molecular weight excluding hydrogens is 250 g/mol. The molecule has 3 nitrogen and oxygen atoms in total. The van der Waals surface area contributed by atoms with Gasteiger partial charge in [0.15, 0.2) is 0 Å². The van der Waals surface area contributed by atoms with Crippen molar-refractivity contribution in [1.82, 2.24) is 5.32 Å². The molecule has 0 heterocycles. The van der Waals surface area contributed by atoms with Crippen LogP contribution >= 0.6 is 0 Å². The summed E-state index contributed by atoms with van der Waals surface area (Å²) in [6.45, 7) is 5.00. The molecule has 2 N–H and O–H groups in total. The number of hydrogen-bond acceptors (Lipinski definition) is 2. The fourth-order valence-electron chi connectivity index (χ4n) is 4.16. The van der Waals surface area contributed by atoms with Gasteiger partial charge in [0.05, 0.1) is 5.92 Å². The minimum absolute atomic E-state index is 0.158. The van der Waals surface area contributed by atoms with Crippen LogP contribution in [0.25, 0.3) is 0 Å². The highest BCUT2D eigenvalue weighted by molar-refractivity contribution is 5.72. The molecule has 20 heavy (non-hydrogen) atoms. The number of aliphatic carboxylic acids is 1. The van der Waals surface area contributed by atoms with Gasteiger partial charge in [-0.1, -0.05) is 23.8 Å². The van der Waals surface area contributed by atoms with Crippen LogP contribution in [0.5, 0.6) is 0 Å². The van der Waals surface area contributed by atoms with Crippen LogP contribution in [0.3, 0.4) is 0 Å². The number of benzene rings is 1. The van der Waals surface area contributed by atoms with Crippen LogP contribution in [-0.4, -0.2) is 17.1 Å². The Bertz CT molecular complexity index is 526. The molecule has 0 radical (unpaired) electrons. The smallest absolute Gasteiger partial charge is 0.308 e. The molecule has 2 fully saturated rings. The quantitative estimate of drug-likeness (QED) is 0.887. The van der Waals surface area contributed by atoms with E-state index in [9.17, 15) is 9.90 Å². The lowest BCUT2D eigenvalue weighted by Crippen LogP contribution is -2.43. The third kappa shape index (κ3) is 2.35. The first-order valence-corrected chi connectivity index (χ1v) is 7.58. The second kappa shape index (κ2) is 5.21. The Labute approximate surface area is 120 Å². The molecule has 1 aromatic rings. The molecule has 3 heteroatoms. The van der Waals surface area contributed by atoms with Crippen molar-refractivity contribution in [3.05, 3.63) is 34.9 Å². The maximum absolute atomic E-state index is 11.5. The minimum Gasteiger partial charge on any atom is -0.481 e. The third-order valence-corrected chi connectivity index (χ3v) is 5.23. The SMILES string of the molecule is Cc1ccc(C)c(CNC2C3CCC(C3)C2C(=O)O)c1. The largest absolute Gasteiger partial charge is 0.481 e. The van der Waals surface area contributed by atoms with Crippen LogP contribution in [-0.2, 0) is 11.3 Å². The number of aryl methyl sites for hydroxylation is 2. The van der Waals surface area contributed by atoms with E-state index in [-0.39, 0.29) is 12.0 Å². The third-order valence-electron chi connectivity index (χ3n) is 5.23. The van der Waals surface area contributed by atoms with E-state index in [1.54, 1.807) is 0 Å². The van der Waals surface area contributed by atoms with Crippen LogP contribution in [0.4, 0.5) is 0 Å². The van der Waals surface area contributed by atoms with Gasteiger partial charge in [0.25, 0.3) is 0 Å². The molecule has 2 bridgehead atoms. The second-order valence-corrected chi connectivity index (χ2v) is 6.53. The highest BCUT2D eigenvalue weighted by atomic mass is 16.4. The number of carboxylic acids is 1. The summed E-state index contributed by atoms with van der Waals surface area (Å²) in [7, 11) is 0. The van der Waals surface area contributed by atoms with Crippen LogP contribution in [0.1, 0.15) is 36.0 Å². The van der Waals surface area contributed by atoms with Gasteiger partial charge in [0.1, 0.15) is 0 Å². The summed E-state index contributed by atoms with van der Waals surface area (Å²) < 4.78 is 0. The zero-order valence-corrected chi connectivity index (χ0v) is 12.2. The Morgan fingerprint density at radius 2 is 2.05 bits per heavy atom. The number of rotatable bonds is 4. The highest BCUT2D eigenvalue weighted by Crippen LogP contribution is 2.48. The summed E-state index contributed by atoms with van der Waals surface area (Å²) >= 11 is 0. The van der Waals surface area contributed by atoms with E-state index in [1.165, 1.54) is 23.1 Å². The first-order chi connectivity index (χ1) is 9.56. The molecule has 108 valence electrons. The Balaban J connectivity index is 1.71. The van der Waals surface area contributed by atoms with Gasteiger partial charge in [0, 0.05) is 12.6 Å². The molecule has 0 amide bonds. The molecular formula is C17H23NO2. The second-order valence-electron chi connectivity index (χ2n) is 6.53. The fraction of sp³-hybridized carbons (Fsp3) is 0.588. The summed E-state index contributed by atoms with van der Waals surface area (Å²) in [5, 5.41) is 13.0. The van der Waals surface area contributed by atoms with Gasteiger partial charge in [-0.05, 0) is 56.1 Å². The molecule has 2 saturated carbocycles. The van der Waals surface area contributed by atoms with Gasteiger partial charge < -0.3 is 10.4 Å². The van der Waals surface area contributed by atoms with E-state index < -0.39 is 5.97 Å². The van der Waals surface area contributed by atoms with Gasteiger partial charge in [-0.15, -0.1) is 0 Å². The van der Waals surface area contributed by atoms with Crippen molar-refractivity contribution in [3.63, 3.8) is 0 Å². The van der Waals surface area contributed by atoms with Crippen molar-refractivity contribution < 1.29 is 9.90 Å². The first-order valence-electron chi connectivity index (χ1n) is 7.58. The summed E-state index contributed by atoms with van der Waals surface area (Å²) in [6.07, 6.45) is 3.39. The topological polar surface area (TPSA) is 49.3 Å². The number of fused-ring (bicyclic) bond motifs is 2. The summed E-state index contributed by atoms with van der Waals surface area (Å²) in [6, 6.07) is 6.62. The highest BCUT2D eigenvalue weighted by Gasteiger charge is 2.50. The molecule has 3 rings (SSSR count). The van der Waals surface area contributed by atoms with E-state index in [4.69, 9.17) is 0 Å². The average molecular weight is 273 g/mol. The number of carbonyl (C=O) groups is 1. The summed E-state index contributed by atoms with van der Waals surface area (Å²) in [4.78, 5) is 11.5. The Morgan fingerprint density at radius 1 is 1.30 bits per heavy atom. The van der Waals surface area contributed by atoms with Crippen LogP contribution in [0.15, 0.2) is 18.2 Å². The summed E-state index contributed by atoms with van der Waals surface area (Å²) in [5.74, 6) is 0.161. The molecule has 0 spiro atoms. The Morgan fingerprint density at radius 3 is 2.80 bits per heavy atom. The van der Waals surface area contributed by atoms with Crippen LogP contribution in [0, 0.1) is 31.6 Å². The predicted molar refractivity (Wildman–Crippen MR) is 78.5 cm³/mol. The van der Waals surface area contributed by atoms with Gasteiger partial charge in [-0.25, -0.2) is 0 Å². The molecule has 4 unspecified atom stereocenters. The molecule has 2 aliphatic carbocycles. The maximum Gasteiger partial charge on any atom is 0.308 e. The average Bonchev–Trinajstić information content (AvgIpc) is 3.00. The molecule has 1 aromatic carbocycles. The molecule has 2 aliphatic rings. The van der Waals surface area contributed by atoms with Gasteiger partial charge >= 0.3 is 5.97 Å². The predicted octanol–water partition coefficient (Wildman–Crippen LogP) is 2.89. The standard InChI is InChI=1S/C17H23NO2/c1-10-3-4-11(2)14(7-10)9-18-16-13-6-5-12(8-13)15(16)17(19)20/h3-4,7,12-13,15-16,18H,5-6,8-9H2,1-2H3,(H,19,20). The fourth-order valence-corrected chi connectivity index (χ4v) is 4.16. The van der Waals surface area contributed by atoms with Gasteiger partial charge in [-0.2, -0.15) is 0 Å². The summed E-state index contributed by atoms with van der Waals surface area (Å²) in [5.41, 5.74) is 3.82. The van der Waals surface area contributed by atoms with E-state index in [1.807, 2.05) is 0 Å². The van der Waals surface area contributed by atoms with Crippen molar-refractivity contribution in [2.45, 2.75) is 45.7 Å². The lowest BCUT2D eigenvalue weighted by atomic mass is 9.84. The van der Waals surface area contributed by atoms with Gasteiger partial charge in [-0.3, -0.25) is 4.79 Å². The van der Waals surface area contributed by atoms with Crippen LogP contribution < -0.4 is 5.32 Å². The van der Waals surface area contributed by atoms with Crippen molar-refractivity contribution in [1.29, 1.82) is 0 Å². The Hall–Kier alpha value is -1.35. The van der Waals surface area contributed by atoms with E-state index in [2.05, 4.69) is 37.4 Å². The van der Waals surface area contributed by atoms with Crippen molar-refractivity contribution >= 4 is 5.97 Å². The monoisotopic (exact) mass is 273 g/mol. The van der Waals surface area contributed by atoms with E-state index >= 15 is 0 Å². The number of hydrogen-bond donors (Lipinski definition) is 2. The van der Waals surface area contributed by atoms with Gasteiger partial charge in [0.2, 0.25) is 0 Å².